The maximum atomic E-state index is 13.4. The van der Waals surface area contributed by atoms with Gasteiger partial charge in [0.25, 0.3) is 5.91 Å². The molecule has 0 aliphatic heterocycles. The Labute approximate surface area is 187 Å². The molecule has 0 spiro atoms. The quantitative estimate of drug-likeness (QED) is 0.355. The topological polar surface area (TPSA) is 62.5 Å². The highest BCUT2D eigenvalue weighted by atomic mass is 79.9. The van der Waals surface area contributed by atoms with Crippen LogP contribution >= 0.6 is 27.3 Å². The van der Waals surface area contributed by atoms with Gasteiger partial charge in [-0.15, -0.1) is 0 Å². The predicted molar refractivity (Wildman–Crippen MR) is 124 cm³/mol. The number of carbonyl (C=O) groups is 1. The number of hydrogen-bond acceptors (Lipinski definition) is 6. The molecule has 30 heavy (non-hydrogen) atoms. The average Bonchev–Trinajstić information content (AvgIpc) is 3.38. The zero-order chi connectivity index (χ0) is 21.1. The SMILES string of the molecule is CN(C)CCCN(C(=O)c1cc(-c2ccccc2)on1)c1nc2ccc(Br)cc2s1. The van der Waals surface area contributed by atoms with Gasteiger partial charge in [0.05, 0.1) is 10.2 Å². The van der Waals surface area contributed by atoms with Crippen LogP contribution in [-0.4, -0.2) is 48.1 Å². The monoisotopic (exact) mass is 484 g/mol. The van der Waals surface area contributed by atoms with Crippen molar-refractivity contribution in [1.29, 1.82) is 0 Å². The van der Waals surface area contributed by atoms with Gasteiger partial charge in [-0.1, -0.05) is 62.8 Å². The van der Waals surface area contributed by atoms with Crippen LogP contribution in [0.15, 0.2) is 63.6 Å². The van der Waals surface area contributed by atoms with Gasteiger partial charge in [0.1, 0.15) is 0 Å². The Morgan fingerprint density at radius 3 is 2.67 bits per heavy atom. The van der Waals surface area contributed by atoms with Crippen LogP contribution in [-0.2, 0) is 0 Å². The summed E-state index contributed by atoms with van der Waals surface area (Å²) in [6, 6.07) is 17.2. The maximum absolute atomic E-state index is 13.4. The van der Waals surface area contributed by atoms with Crippen LogP contribution in [0.1, 0.15) is 16.9 Å². The minimum absolute atomic E-state index is 0.210. The van der Waals surface area contributed by atoms with Crippen molar-refractivity contribution in [3.63, 3.8) is 0 Å². The highest BCUT2D eigenvalue weighted by Crippen LogP contribution is 2.32. The van der Waals surface area contributed by atoms with E-state index in [1.54, 1.807) is 11.0 Å². The first-order chi connectivity index (χ1) is 14.5. The first kappa shape index (κ1) is 20.7. The van der Waals surface area contributed by atoms with E-state index in [1.807, 2.05) is 62.6 Å². The lowest BCUT2D eigenvalue weighted by atomic mass is 10.1. The molecule has 4 rings (SSSR count). The first-order valence-corrected chi connectivity index (χ1v) is 11.2. The standard InChI is InChI=1S/C22H21BrN4O2S/c1-26(2)11-6-12-27(22-24-17-10-9-16(23)13-20(17)30-22)21(28)18-14-19(29-25-18)15-7-4-3-5-8-15/h3-5,7-10,13-14H,6,11-12H2,1-2H3. The van der Waals surface area contributed by atoms with Gasteiger partial charge >= 0.3 is 0 Å². The van der Waals surface area contributed by atoms with Gasteiger partial charge in [-0.2, -0.15) is 0 Å². The van der Waals surface area contributed by atoms with Crippen LogP contribution in [0.25, 0.3) is 21.5 Å². The summed E-state index contributed by atoms with van der Waals surface area (Å²) in [4.78, 5) is 21.9. The molecule has 154 valence electrons. The van der Waals surface area contributed by atoms with Gasteiger partial charge in [0.2, 0.25) is 0 Å². The number of benzene rings is 2. The molecular weight excluding hydrogens is 464 g/mol. The van der Waals surface area contributed by atoms with Crippen LogP contribution in [0, 0.1) is 0 Å². The normalized spacial score (nSPS) is 11.3. The summed E-state index contributed by atoms with van der Waals surface area (Å²) in [5, 5.41) is 4.71. The summed E-state index contributed by atoms with van der Waals surface area (Å²) in [5.74, 6) is 0.359. The lowest BCUT2D eigenvalue weighted by molar-refractivity contribution is 0.0977. The molecule has 4 aromatic rings. The molecule has 0 atom stereocenters. The van der Waals surface area contributed by atoms with Gasteiger partial charge in [-0.05, 0) is 45.3 Å². The van der Waals surface area contributed by atoms with E-state index >= 15 is 0 Å². The van der Waals surface area contributed by atoms with Crippen LogP contribution in [0.2, 0.25) is 0 Å². The molecular formula is C22H21BrN4O2S. The summed E-state index contributed by atoms with van der Waals surface area (Å²) >= 11 is 4.99. The number of fused-ring (bicyclic) bond motifs is 1. The number of nitrogens with zero attached hydrogens (tertiary/aromatic N) is 4. The highest BCUT2D eigenvalue weighted by molar-refractivity contribution is 9.10. The fraction of sp³-hybridized carbons (Fsp3) is 0.227. The molecule has 0 saturated heterocycles. The molecule has 6 nitrogen and oxygen atoms in total. The van der Waals surface area contributed by atoms with Gasteiger partial charge in [-0.25, -0.2) is 4.98 Å². The number of aromatic nitrogens is 2. The summed E-state index contributed by atoms with van der Waals surface area (Å²) in [7, 11) is 4.04. The number of anilines is 1. The Morgan fingerprint density at radius 1 is 1.10 bits per heavy atom. The minimum atomic E-state index is -0.210. The third-order valence-electron chi connectivity index (χ3n) is 4.59. The molecule has 0 unspecified atom stereocenters. The third-order valence-corrected chi connectivity index (χ3v) is 6.12. The average molecular weight is 485 g/mol. The van der Waals surface area contributed by atoms with Crippen molar-refractivity contribution in [3.05, 3.63) is 64.8 Å². The summed E-state index contributed by atoms with van der Waals surface area (Å²) in [6.07, 6.45) is 0.821. The molecule has 0 radical (unpaired) electrons. The van der Waals surface area contributed by atoms with Crippen LogP contribution < -0.4 is 4.90 Å². The molecule has 0 saturated carbocycles. The largest absolute Gasteiger partial charge is 0.355 e. The van der Waals surface area contributed by atoms with Crippen LogP contribution in [0.3, 0.4) is 0 Å². The van der Waals surface area contributed by atoms with Crippen LogP contribution in [0.4, 0.5) is 5.13 Å². The summed E-state index contributed by atoms with van der Waals surface area (Å²) in [6.45, 7) is 1.42. The second-order valence-corrected chi connectivity index (χ2v) is 9.09. The number of rotatable bonds is 7. The zero-order valence-corrected chi connectivity index (χ0v) is 19.1. The fourth-order valence-electron chi connectivity index (χ4n) is 3.08. The van der Waals surface area contributed by atoms with Crippen molar-refractivity contribution in [2.24, 2.45) is 0 Å². The number of halogens is 1. The molecule has 0 aliphatic rings. The second kappa shape index (κ2) is 9.07. The highest BCUT2D eigenvalue weighted by Gasteiger charge is 2.24. The third kappa shape index (κ3) is 4.61. The van der Waals surface area contributed by atoms with E-state index in [4.69, 9.17) is 9.51 Å². The molecule has 8 heteroatoms. The molecule has 0 fully saturated rings. The lowest BCUT2D eigenvalue weighted by Gasteiger charge is -2.19. The van der Waals surface area contributed by atoms with Crippen molar-refractivity contribution in [2.75, 3.05) is 32.1 Å². The van der Waals surface area contributed by atoms with E-state index < -0.39 is 0 Å². The van der Waals surface area contributed by atoms with Gasteiger partial charge in [0.15, 0.2) is 16.6 Å². The number of amides is 1. The van der Waals surface area contributed by atoms with E-state index in [2.05, 4.69) is 26.0 Å². The predicted octanol–water partition coefficient (Wildman–Crippen LogP) is 5.31. The Morgan fingerprint density at radius 2 is 1.90 bits per heavy atom. The van der Waals surface area contributed by atoms with Gasteiger partial charge < -0.3 is 9.42 Å². The summed E-state index contributed by atoms with van der Waals surface area (Å²) in [5.41, 5.74) is 2.03. The Bertz CT molecular complexity index is 1160. The maximum Gasteiger partial charge on any atom is 0.282 e. The zero-order valence-electron chi connectivity index (χ0n) is 16.7. The first-order valence-electron chi connectivity index (χ1n) is 9.56. The van der Waals surface area contributed by atoms with Gasteiger partial charge in [-0.3, -0.25) is 9.69 Å². The second-order valence-electron chi connectivity index (χ2n) is 7.16. The molecule has 2 aromatic carbocycles. The van der Waals surface area contributed by atoms with Crippen molar-refractivity contribution >= 4 is 48.5 Å². The van der Waals surface area contributed by atoms with Crippen LogP contribution in [0.5, 0.6) is 0 Å². The lowest BCUT2D eigenvalue weighted by Crippen LogP contribution is -2.33. The molecule has 2 aromatic heterocycles. The van der Waals surface area contributed by atoms with Crippen molar-refractivity contribution in [3.8, 4) is 11.3 Å². The minimum Gasteiger partial charge on any atom is -0.355 e. The smallest absolute Gasteiger partial charge is 0.282 e. The van der Waals surface area contributed by atoms with E-state index in [0.29, 0.717) is 17.4 Å². The Hall–Kier alpha value is -2.55. The van der Waals surface area contributed by atoms with E-state index in [-0.39, 0.29) is 11.6 Å². The van der Waals surface area contributed by atoms with E-state index in [9.17, 15) is 4.79 Å². The van der Waals surface area contributed by atoms with Crippen molar-refractivity contribution < 1.29 is 9.32 Å². The fourth-order valence-corrected chi connectivity index (χ4v) is 4.63. The Kier molecular flexibility index (Phi) is 6.26. The molecule has 2 heterocycles. The number of thiazole rings is 1. The molecule has 0 bridgehead atoms. The molecule has 0 aliphatic carbocycles. The Balaban J connectivity index is 1.64. The van der Waals surface area contributed by atoms with E-state index in [1.165, 1.54) is 11.3 Å². The number of hydrogen-bond donors (Lipinski definition) is 0. The molecule has 0 N–H and O–H groups in total. The summed E-state index contributed by atoms with van der Waals surface area (Å²) < 4.78 is 7.46. The van der Waals surface area contributed by atoms with Crippen molar-refractivity contribution in [2.45, 2.75) is 6.42 Å². The number of carbonyl (C=O) groups excluding carboxylic acids is 1. The van der Waals surface area contributed by atoms with Crippen molar-refractivity contribution in [1.82, 2.24) is 15.0 Å². The van der Waals surface area contributed by atoms with E-state index in [0.717, 1.165) is 33.2 Å². The van der Waals surface area contributed by atoms with Gasteiger partial charge in [0, 0.05) is 22.6 Å². The molecule has 1 amide bonds.